The largest absolute Gasteiger partial charge is 0.490 e. The molecule has 0 heterocycles. The number of ether oxygens (including phenoxy) is 2. The van der Waals surface area contributed by atoms with Crippen molar-refractivity contribution in [1.82, 2.24) is 5.43 Å². The zero-order valence-corrected chi connectivity index (χ0v) is 17.4. The van der Waals surface area contributed by atoms with E-state index in [1.165, 1.54) is 6.21 Å². The molecular formula is C21H24ClN3O4. The quantitative estimate of drug-likeness (QED) is 0.367. The van der Waals surface area contributed by atoms with Crippen molar-refractivity contribution in [2.24, 2.45) is 5.10 Å². The number of anilines is 1. The van der Waals surface area contributed by atoms with Gasteiger partial charge in [0.05, 0.1) is 19.4 Å². The first-order valence-electron chi connectivity index (χ1n) is 9.20. The van der Waals surface area contributed by atoms with Gasteiger partial charge in [-0.05, 0) is 62.2 Å². The lowest BCUT2D eigenvalue weighted by Crippen LogP contribution is -2.24. The first kappa shape index (κ1) is 22.2. The lowest BCUT2D eigenvalue weighted by atomic mass is 10.2. The van der Waals surface area contributed by atoms with Crippen LogP contribution in [0.15, 0.2) is 41.5 Å². The molecule has 2 rings (SSSR count). The van der Waals surface area contributed by atoms with E-state index in [9.17, 15) is 9.59 Å². The minimum absolute atomic E-state index is 0.365. The highest BCUT2D eigenvalue weighted by Crippen LogP contribution is 2.28. The predicted molar refractivity (Wildman–Crippen MR) is 114 cm³/mol. The van der Waals surface area contributed by atoms with E-state index in [2.05, 4.69) is 15.8 Å². The van der Waals surface area contributed by atoms with Crippen molar-refractivity contribution in [3.8, 4) is 11.5 Å². The Labute approximate surface area is 175 Å². The fraction of sp³-hybridized carbons (Fsp3) is 0.286. The maximum Gasteiger partial charge on any atom is 0.249 e. The molecule has 2 aromatic carbocycles. The monoisotopic (exact) mass is 417 g/mol. The van der Waals surface area contributed by atoms with Crippen LogP contribution in [0.2, 0.25) is 5.02 Å². The minimum Gasteiger partial charge on any atom is -0.490 e. The molecule has 8 heteroatoms. The van der Waals surface area contributed by atoms with Crippen molar-refractivity contribution in [1.29, 1.82) is 0 Å². The summed E-state index contributed by atoms with van der Waals surface area (Å²) in [7, 11) is 0. The molecule has 2 aromatic rings. The van der Waals surface area contributed by atoms with Gasteiger partial charge in [0, 0.05) is 10.7 Å². The van der Waals surface area contributed by atoms with Crippen LogP contribution >= 0.6 is 11.6 Å². The Kier molecular flexibility index (Phi) is 8.48. The van der Waals surface area contributed by atoms with Crippen LogP contribution < -0.4 is 20.2 Å². The first-order valence-corrected chi connectivity index (χ1v) is 9.58. The molecule has 0 saturated carbocycles. The Balaban J connectivity index is 1.89. The lowest BCUT2D eigenvalue weighted by molar-refractivity contribution is -0.126. The third-order valence-electron chi connectivity index (χ3n) is 3.75. The van der Waals surface area contributed by atoms with Gasteiger partial charge in [-0.15, -0.1) is 0 Å². The third-order valence-corrected chi connectivity index (χ3v) is 4.15. The van der Waals surface area contributed by atoms with E-state index in [1.807, 2.05) is 20.8 Å². The van der Waals surface area contributed by atoms with Gasteiger partial charge in [-0.2, -0.15) is 5.10 Å². The van der Waals surface area contributed by atoms with Gasteiger partial charge in [-0.25, -0.2) is 5.43 Å². The van der Waals surface area contributed by atoms with E-state index < -0.39 is 11.8 Å². The second-order valence-corrected chi connectivity index (χ2v) is 6.46. The fourth-order valence-corrected chi connectivity index (χ4v) is 2.57. The van der Waals surface area contributed by atoms with Crippen molar-refractivity contribution in [2.45, 2.75) is 27.2 Å². The molecule has 0 aromatic heterocycles. The van der Waals surface area contributed by atoms with Crippen molar-refractivity contribution >= 4 is 35.3 Å². The number of amides is 2. The van der Waals surface area contributed by atoms with E-state index in [-0.39, 0.29) is 6.42 Å². The van der Waals surface area contributed by atoms with Crippen LogP contribution in [0.25, 0.3) is 0 Å². The molecule has 0 aliphatic heterocycles. The molecule has 2 N–H and O–H groups in total. The summed E-state index contributed by atoms with van der Waals surface area (Å²) in [6.45, 7) is 6.66. The maximum atomic E-state index is 12.0. The molecule has 154 valence electrons. The molecule has 0 bridgehead atoms. The summed E-state index contributed by atoms with van der Waals surface area (Å²) in [6, 6.07) is 10.5. The Bertz CT molecular complexity index is 899. The number of halogens is 1. The molecule has 29 heavy (non-hydrogen) atoms. The molecule has 0 spiro atoms. The Hall–Kier alpha value is -3.06. The second kappa shape index (κ2) is 11.1. The number of nitrogens with one attached hydrogen (secondary N) is 2. The standard InChI is InChI=1S/C21H24ClN3O4/c1-4-28-18-9-7-15(10-19(18)29-5-2)13-23-25-21(27)12-20(26)24-16-8-6-14(3)17(22)11-16/h6-11,13H,4-5,12H2,1-3H3,(H,24,26)(H,25,27). The number of hydrogen-bond donors (Lipinski definition) is 2. The first-order chi connectivity index (χ1) is 13.9. The SMILES string of the molecule is CCOc1ccc(C=NNC(=O)CC(=O)Nc2ccc(C)c(Cl)c2)cc1OCC. The summed E-state index contributed by atoms with van der Waals surface area (Å²) in [5.74, 6) is 0.245. The van der Waals surface area contributed by atoms with Crippen LogP contribution in [0.5, 0.6) is 11.5 Å². The summed E-state index contributed by atoms with van der Waals surface area (Å²) in [6.07, 6.45) is 1.10. The van der Waals surface area contributed by atoms with E-state index in [1.54, 1.807) is 36.4 Å². The highest BCUT2D eigenvalue weighted by Gasteiger charge is 2.10. The molecule has 0 aliphatic rings. The Morgan fingerprint density at radius 1 is 1.03 bits per heavy atom. The second-order valence-electron chi connectivity index (χ2n) is 6.05. The van der Waals surface area contributed by atoms with Crippen molar-refractivity contribution in [3.05, 3.63) is 52.5 Å². The van der Waals surface area contributed by atoms with Gasteiger partial charge in [0.1, 0.15) is 6.42 Å². The molecule has 0 fully saturated rings. The number of nitrogens with zero attached hydrogens (tertiary/aromatic N) is 1. The van der Waals surface area contributed by atoms with Crippen LogP contribution in [-0.2, 0) is 9.59 Å². The molecule has 0 atom stereocenters. The summed E-state index contributed by atoms with van der Waals surface area (Å²) in [5.41, 5.74) is 4.48. The highest BCUT2D eigenvalue weighted by atomic mass is 35.5. The van der Waals surface area contributed by atoms with E-state index in [0.29, 0.717) is 35.4 Å². The molecule has 0 saturated heterocycles. The zero-order valence-electron chi connectivity index (χ0n) is 16.6. The molecular weight excluding hydrogens is 394 g/mol. The number of carbonyl (C=O) groups is 2. The number of benzene rings is 2. The summed E-state index contributed by atoms with van der Waals surface area (Å²) in [5, 5.41) is 7.04. The summed E-state index contributed by atoms with van der Waals surface area (Å²) < 4.78 is 11.0. The van der Waals surface area contributed by atoms with Gasteiger partial charge in [-0.1, -0.05) is 17.7 Å². The van der Waals surface area contributed by atoms with E-state index in [4.69, 9.17) is 21.1 Å². The zero-order chi connectivity index (χ0) is 21.2. The highest BCUT2D eigenvalue weighted by molar-refractivity contribution is 6.31. The van der Waals surface area contributed by atoms with Crippen molar-refractivity contribution in [2.75, 3.05) is 18.5 Å². The maximum absolute atomic E-state index is 12.0. The van der Waals surface area contributed by atoms with Gasteiger partial charge in [0.15, 0.2) is 11.5 Å². The molecule has 7 nitrogen and oxygen atoms in total. The van der Waals surface area contributed by atoms with Gasteiger partial charge in [0.25, 0.3) is 0 Å². The van der Waals surface area contributed by atoms with Crippen molar-refractivity contribution in [3.63, 3.8) is 0 Å². The van der Waals surface area contributed by atoms with Crippen LogP contribution in [0.3, 0.4) is 0 Å². The molecule has 0 aliphatic carbocycles. The summed E-state index contributed by atoms with van der Waals surface area (Å²) >= 11 is 6.02. The van der Waals surface area contributed by atoms with Gasteiger partial charge in [0.2, 0.25) is 11.8 Å². The van der Waals surface area contributed by atoms with E-state index >= 15 is 0 Å². The van der Waals surface area contributed by atoms with Gasteiger partial charge < -0.3 is 14.8 Å². The smallest absolute Gasteiger partial charge is 0.249 e. The summed E-state index contributed by atoms with van der Waals surface area (Å²) in [4.78, 5) is 23.9. The fourth-order valence-electron chi connectivity index (χ4n) is 2.39. The van der Waals surface area contributed by atoms with Crippen LogP contribution in [0, 0.1) is 6.92 Å². The van der Waals surface area contributed by atoms with Gasteiger partial charge in [-0.3, -0.25) is 9.59 Å². The average molecular weight is 418 g/mol. The van der Waals surface area contributed by atoms with Crippen molar-refractivity contribution < 1.29 is 19.1 Å². The third kappa shape index (κ3) is 7.12. The normalized spacial score (nSPS) is 10.6. The van der Waals surface area contributed by atoms with Crippen LogP contribution in [-0.4, -0.2) is 31.2 Å². The minimum atomic E-state index is -0.534. The van der Waals surface area contributed by atoms with Gasteiger partial charge >= 0.3 is 0 Å². The number of hydrazone groups is 1. The Morgan fingerprint density at radius 3 is 2.45 bits per heavy atom. The number of rotatable bonds is 9. The molecule has 0 radical (unpaired) electrons. The molecule has 2 amide bonds. The van der Waals surface area contributed by atoms with Crippen LogP contribution in [0.1, 0.15) is 31.4 Å². The lowest BCUT2D eigenvalue weighted by Gasteiger charge is -2.11. The topological polar surface area (TPSA) is 89.0 Å². The average Bonchev–Trinajstić information content (AvgIpc) is 2.67. The number of hydrogen-bond acceptors (Lipinski definition) is 5. The van der Waals surface area contributed by atoms with E-state index in [0.717, 1.165) is 11.1 Å². The molecule has 0 unspecified atom stereocenters. The number of aryl methyl sites for hydroxylation is 1. The predicted octanol–water partition coefficient (Wildman–Crippen LogP) is 3.92. The van der Waals surface area contributed by atoms with Crippen LogP contribution in [0.4, 0.5) is 5.69 Å². The Morgan fingerprint density at radius 2 is 1.76 bits per heavy atom. The number of carbonyl (C=O) groups excluding carboxylic acids is 2.